The molecule has 0 aliphatic carbocycles. The molecule has 0 aliphatic heterocycles. The van der Waals surface area contributed by atoms with E-state index in [1.807, 2.05) is 56.3 Å². The first kappa shape index (κ1) is 20.2. The molecule has 7 heteroatoms. The van der Waals surface area contributed by atoms with Gasteiger partial charge in [-0.1, -0.05) is 29.8 Å². The quantitative estimate of drug-likeness (QED) is 0.363. The van der Waals surface area contributed by atoms with Gasteiger partial charge in [0.2, 0.25) is 0 Å². The number of carbonyl (C=O) groups is 1. The lowest BCUT2D eigenvalue weighted by molar-refractivity contribution is 0.0997. The second-order valence-corrected chi connectivity index (χ2v) is 8.56. The zero-order valence-electron chi connectivity index (χ0n) is 16.5. The van der Waals surface area contributed by atoms with Gasteiger partial charge in [-0.3, -0.25) is 4.79 Å². The third kappa shape index (κ3) is 4.56. The fourth-order valence-corrected chi connectivity index (χ4v) is 4.36. The van der Waals surface area contributed by atoms with E-state index in [1.54, 1.807) is 12.1 Å². The van der Waals surface area contributed by atoms with Gasteiger partial charge in [0.1, 0.15) is 10.8 Å². The van der Waals surface area contributed by atoms with Crippen LogP contribution in [0.15, 0.2) is 71.3 Å². The van der Waals surface area contributed by atoms with Gasteiger partial charge < -0.3 is 15.1 Å². The predicted molar refractivity (Wildman–Crippen MR) is 122 cm³/mol. The Morgan fingerprint density at radius 1 is 1.10 bits per heavy atom. The van der Waals surface area contributed by atoms with E-state index in [0.29, 0.717) is 5.02 Å². The lowest BCUT2D eigenvalue weighted by Crippen LogP contribution is -2.17. The molecule has 0 bridgehead atoms. The minimum Gasteiger partial charge on any atom is -0.459 e. The molecule has 1 amide bonds. The van der Waals surface area contributed by atoms with Crippen LogP contribution in [-0.4, -0.2) is 10.9 Å². The normalized spacial score (nSPS) is 11.8. The van der Waals surface area contributed by atoms with E-state index in [0.717, 1.165) is 32.5 Å². The lowest BCUT2D eigenvalue weighted by Gasteiger charge is -2.21. The summed E-state index contributed by atoms with van der Waals surface area (Å²) in [6.07, 6.45) is 1.48. The van der Waals surface area contributed by atoms with Gasteiger partial charge in [0.05, 0.1) is 12.3 Å². The number of amides is 1. The average Bonchev–Trinajstić information content (AvgIpc) is 3.36. The van der Waals surface area contributed by atoms with Crippen molar-refractivity contribution in [3.8, 4) is 0 Å². The Morgan fingerprint density at radius 2 is 1.93 bits per heavy atom. The first-order valence-corrected chi connectivity index (χ1v) is 10.6. The Hall–Kier alpha value is -3.09. The summed E-state index contributed by atoms with van der Waals surface area (Å²) in [5, 5.41) is 7.88. The molecule has 0 aliphatic rings. The highest BCUT2D eigenvalue weighted by Gasteiger charge is 2.23. The molecule has 1 atom stereocenters. The minimum absolute atomic E-state index is 0.255. The summed E-state index contributed by atoms with van der Waals surface area (Å²) in [7, 11) is 0. The Morgan fingerprint density at radius 3 is 2.67 bits per heavy atom. The molecule has 0 spiro atoms. The number of nitrogens with one attached hydrogen (secondary N) is 2. The topological polar surface area (TPSA) is 67.2 Å². The van der Waals surface area contributed by atoms with Crippen molar-refractivity contribution in [2.75, 3.05) is 10.6 Å². The molecule has 3 aromatic heterocycles. The van der Waals surface area contributed by atoms with Crippen molar-refractivity contribution in [1.29, 1.82) is 0 Å². The first-order valence-electron chi connectivity index (χ1n) is 9.40. The SMILES string of the molecule is Cc1cccc(NC(c2cccc(Cl)c2)c2cc(C)sc2NC(=O)c2ccco2)n1. The Labute approximate surface area is 183 Å². The number of carbonyl (C=O) groups excluding carboxylic acids is 1. The maximum absolute atomic E-state index is 12.6. The monoisotopic (exact) mass is 437 g/mol. The van der Waals surface area contributed by atoms with Crippen molar-refractivity contribution in [2.45, 2.75) is 19.9 Å². The van der Waals surface area contributed by atoms with Crippen LogP contribution < -0.4 is 10.6 Å². The van der Waals surface area contributed by atoms with Crippen LogP contribution in [0.2, 0.25) is 5.02 Å². The first-order chi connectivity index (χ1) is 14.5. The summed E-state index contributed by atoms with van der Waals surface area (Å²) in [5.41, 5.74) is 2.82. The molecule has 3 heterocycles. The molecule has 1 unspecified atom stereocenters. The van der Waals surface area contributed by atoms with Gasteiger partial charge in [-0.05, 0) is 61.9 Å². The predicted octanol–water partition coefficient (Wildman–Crippen LogP) is 6.46. The zero-order chi connectivity index (χ0) is 21.1. The van der Waals surface area contributed by atoms with Crippen molar-refractivity contribution in [1.82, 2.24) is 4.98 Å². The summed E-state index contributed by atoms with van der Waals surface area (Å²) in [6.45, 7) is 3.96. The molecule has 4 rings (SSSR count). The van der Waals surface area contributed by atoms with Gasteiger partial charge in [0, 0.05) is 21.2 Å². The van der Waals surface area contributed by atoms with Crippen LogP contribution in [0, 0.1) is 13.8 Å². The second-order valence-electron chi connectivity index (χ2n) is 6.87. The van der Waals surface area contributed by atoms with Gasteiger partial charge in [0.15, 0.2) is 5.76 Å². The molecule has 0 radical (unpaired) electrons. The van der Waals surface area contributed by atoms with Crippen LogP contribution >= 0.6 is 22.9 Å². The zero-order valence-corrected chi connectivity index (χ0v) is 18.1. The Balaban J connectivity index is 1.74. The van der Waals surface area contributed by atoms with Gasteiger partial charge in [0.25, 0.3) is 5.91 Å². The van der Waals surface area contributed by atoms with Crippen LogP contribution in [0.3, 0.4) is 0 Å². The third-order valence-electron chi connectivity index (χ3n) is 4.53. The van der Waals surface area contributed by atoms with E-state index in [4.69, 9.17) is 16.0 Å². The average molecular weight is 438 g/mol. The summed E-state index contributed by atoms with van der Waals surface area (Å²) >= 11 is 7.79. The van der Waals surface area contributed by atoms with Crippen molar-refractivity contribution >= 4 is 39.7 Å². The molecule has 0 saturated heterocycles. The number of halogens is 1. The molecule has 2 N–H and O–H groups in total. The highest BCUT2D eigenvalue weighted by atomic mass is 35.5. The van der Waals surface area contributed by atoms with E-state index in [1.165, 1.54) is 17.6 Å². The fourth-order valence-electron chi connectivity index (χ4n) is 3.22. The number of nitrogens with zero attached hydrogens (tertiary/aromatic N) is 1. The number of hydrogen-bond donors (Lipinski definition) is 2. The standard InChI is InChI=1S/C23H20ClN3O2S/c1-14-6-3-10-20(25-14)26-21(16-7-4-8-17(24)13-16)18-12-15(2)30-23(18)27-22(28)19-9-5-11-29-19/h3-13,21H,1-2H3,(H,25,26)(H,27,28). The molecule has 5 nitrogen and oxygen atoms in total. The Kier molecular flexibility index (Phi) is 5.88. The highest BCUT2D eigenvalue weighted by Crippen LogP contribution is 2.38. The highest BCUT2D eigenvalue weighted by molar-refractivity contribution is 7.16. The largest absolute Gasteiger partial charge is 0.459 e. The van der Waals surface area contributed by atoms with E-state index >= 15 is 0 Å². The van der Waals surface area contributed by atoms with Crippen LogP contribution in [0.1, 0.15) is 38.3 Å². The van der Waals surface area contributed by atoms with Crippen LogP contribution in [-0.2, 0) is 0 Å². The summed E-state index contributed by atoms with van der Waals surface area (Å²) in [5.74, 6) is 0.716. The molecular formula is C23H20ClN3O2S. The van der Waals surface area contributed by atoms with Gasteiger partial charge in [-0.15, -0.1) is 11.3 Å². The van der Waals surface area contributed by atoms with E-state index in [-0.39, 0.29) is 17.7 Å². The molecule has 0 saturated carbocycles. The number of thiophene rings is 1. The van der Waals surface area contributed by atoms with E-state index in [9.17, 15) is 4.79 Å². The smallest absolute Gasteiger partial charge is 0.291 e. The second kappa shape index (κ2) is 8.73. The molecule has 152 valence electrons. The number of benzene rings is 1. The minimum atomic E-state index is -0.290. The maximum Gasteiger partial charge on any atom is 0.291 e. The van der Waals surface area contributed by atoms with E-state index in [2.05, 4.69) is 21.7 Å². The number of hydrogen-bond acceptors (Lipinski definition) is 5. The van der Waals surface area contributed by atoms with Crippen molar-refractivity contribution in [3.63, 3.8) is 0 Å². The van der Waals surface area contributed by atoms with Gasteiger partial charge >= 0.3 is 0 Å². The number of furan rings is 1. The number of pyridine rings is 1. The lowest BCUT2D eigenvalue weighted by atomic mass is 10.00. The third-order valence-corrected chi connectivity index (χ3v) is 5.75. The molecule has 4 aromatic rings. The Bertz CT molecular complexity index is 1170. The van der Waals surface area contributed by atoms with Gasteiger partial charge in [-0.25, -0.2) is 4.98 Å². The van der Waals surface area contributed by atoms with Crippen molar-refractivity contribution in [3.05, 3.63) is 99.4 Å². The summed E-state index contributed by atoms with van der Waals surface area (Å²) in [4.78, 5) is 18.3. The van der Waals surface area contributed by atoms with E-state index < -0.39 is 0 Å². The maximum atomic E-state index is 12.6. The summed E-state index contributed by atoms with van der Waals surface area (Å²) < 4.78 is 5.23. The summed E-state index contributed by atoms with van der Waals surface area (Å²) in [6, 6.07) is 18.6. The number of aromatic nitrogens is 1. The van der Waals surface area contributed by atoms with Crippen LogP contribution in [0.5, 0.6) is 0 Å². The van der Waals surface area contributed by atoms with Gasteiger partial charge in [-0.2, -0.15) is 0 Å². The molecule has 30 heavy (non-hydrogen) atoms. The molecule has 0 fully saturated rings. The molecular weight excluding hydrogens is 418 g/mol. The number of anilines is 2. The fraction of sp³-hybridized carbons (Fsp3) is 0.130. The molecule has 1 aromatic carbocycles. The number of aryl methyl sites for hydroxylation is 2. The number of rotatable bonds is 6. The van der Waals surface area contributed by atoms with Crippen LogP contribution in [0.25, 0.3) is 0 Å². The van der Waals surface area contributed by atoms with Crippen molar-refractivity contribution in [2.24, 2.45) is 0 Å². The van der Waals surface area contributed by atoms with Crippen LogP contribution in [0.4, 0.5) is 10.8 Å². The van der Waals surface area contributed by atoms with Crippen molar-refractivity contribution < 1.29 is 9.21 Å².